The van der Waals surface area contributed by atoms with Crippen LogP contribution in [0, 0.1) is 12.3 Å². The van der Waals surface area contributed by atoms with Gasteiger partial charge in [-0.15, -0.1) is 0 Å². The van der Waals surface area contributed by atoms with Gasteiger partial charge in [-0.3, -0.25) is 9.59 Å². The van der Waals surface area contributed by atoms with Crippen LogP contribution in [0.5, 0.6) is 0 Å². The van der Waals surface area contributed by atoms with Gasteiger partial charge in [-0.25, -0.2) is 0 Å². The second kappa shape index (κ2) is 6.27. The quantitative estimate of drug-likeness (QED) is 0.853. The summed E-state index contributed by atoms with van der Waals surface area (Å²) in [7, 11) is 0. The first kappa shape index (κ1) is 16.8. The Labute approximate surface area is 154 Å². The van der Waals surface area contributed by atoms with Crippen LogP contribution in [0.15, 0.2) is 42.5 Å². The third kappa shape index (κ3) is 2.61. The lowest BCUT2D eigenvalue weighted by Crippen LogP contribution is -2.42. The van der Waals surface area contributed by atoms with Crippen LogP contribution in [0.1, 0.15) is 36.5 Å². The molecule has 134 valence electrons. The van der Waals surface area contributed by atoms with E-state index < -0.39 is 5.41 Å². The molecule has 0 aromatic heterocycles. The van der Waals surface area contributed by atoms with Gasteiger partial charge in [-0.05, 0) is 55.4 Å². The molecule has 2 amide bonds. The molecule has 0 radical (unpaired) electrons. The van der Waals surface area contributed by atoms with Crippen molar-refractivity contribution in [1.29, 1.82) is 0 Å². The minimum atomic E-state index is -0.898. The summed E-state index contributed by atoms with van der Waals surface area (Å²) in [6, 6.07) is 14.0. The first-order chi connectivity index (χ1) is 12.6. The highest BCUT2D eigenvalue weighted by Crippen LogP contribution is 2.50. The van der Waals surface area contributed by atoms with Crippen molar-refractivity contribution in [2.45, 2.75) is 39.5 Å². The molecule has 26 heavy (non-hydrogen) atoms. The van der Waals surface area contributed by atoms with Gasteiger partial charge >= 0.3 is 0 Å². The van der Waals surface area contributed by atoms with Gasteiger partial charge in [0.15, 0.2) is 0 Å². The monoisotopic (exact) mass is 348 g/mol. The second-order valence-corrected chi connectivity index (χ2v) is 7.33. The van der Waals surface area contributed by atoms with E-state index in [2.05, 4.69) is 18.3 Å². The zero-order chi connectivity index (χ0) is 18.3. The van der Waals surface area contributed by atoms with E-state index >= 15 is 0 Å². The average Bonchev–Trinajstić information content (AvgIpc) is 3.36. The van der Waals surface area contributed by atoms with Crippen LogP contribution >= 0.6 is 0 Å². The third-order valence-electron chi connectivity index (χ3n) is 5.70. The first-order valence-corrected chi connectivity index (χ1v) is 9.36. The van der Waals surface area contributed by atoms with E-state index in [4.69, 9.17) is 0 Å². The van der Waals surface area contributed by atoms with Crippen molar-refractivity contribution in [1.82, 2.24) is 0 Å². The zero-order valence-corrected chi connectivity index (χ0v) is 15.3. The topological polar surface area (TPSA) is 49.4 Å². The van der Waals surface area contributed by atoms with Crippen molar-refractivity contribution in [3.63, 3.8) is 0 Å². The summed E-state index contributed by atoms with van der Waals surface area (Å²) in [5.74, 6) is -0.206. The normalized spacial score (nSPS) is 16.9. The number of rotatable bonds is 4. The number of hydrogen-bond acceptors (Lipinski definition) is 2. The molecule has 4 rings (SSSR count). The Morgan fingerprint density at radius 3 is 2.62 bits per heavy atom. The van der Waals surface area contributed by atoms with Crippen molar-refractivity contribution < 1.29 is 9.59 Å². The molecule has 2 aromatic rings. The Kier molecular flexibility index (Phi) is 4.06. The highest BCUT2D eigenvalue weighted by molar-refractivity contribution is 6.18. The maximum atomic E-state index is 13.2. The van der Waals surface area contributed by atoms with Gasteiger partial charge in [0.05, 0.1) is 0 Å². The number of nitrogens with zero attached hydrogens (tertiary/aromatic N) is 1. The minimum absolute atomic E-state index is 0.0495. The Bertz CT molecular complexity index is 883. The molecule has 0 saturated heterocycles. The number of hydrogen-bond donors (Lipinski definition) is 1. The molecular formula is C22H24N2O2. The molecule has 1 saturated carbocycles. The standard InChI is InChI=1S/C22H24N2O2/c1-3-16-9-6-7-15(2)19(16)23-20(25)22(12-13-22)21(26)24-14-11-17-8-4-5-10-18(17)24/h4-10H,3,11-14H2,1-2H3,(H,23,25). The van der Waals surface area contributed by atoms with Crippen molar-refractivity contribution in [2.24, 2.45) is 5.41 Å². The van der Waals surface area contributed by atoms with E-state index in [0.29, 0.717) is 19.4 Å². The lowest BCUT2D eigenvalue weighted by Gasteiger charge is -2.24. The fraction of sp³-hybridized carbons (Fsp3) is 0.364. The SMILES string of the molecule is CCc1cccc(C)c1NC(=O)C1(C(=O)N2CCc3ccccc32)CC1. The summed E-state index contributed by atoms with van der Waals surface area (Å²) in [5, 5.41) is 3.07. The number of aryl methyl sites for hydroxylation is 2. The smallest absolute Gasteiger partial charge is 0.242 e. The lowest BCUT2D eigenvalue weighted by atomic mass is 10.0. The van der Waals surface area contributed by atoms with Crippen LogP contribution in [-0.2, 0) is 22.4 Å². The number of benzene rings is 2. The molecule has 0 atom stereocenters. The van der Waals surface area contributed by atoms with E-state index in [0.717, 1.165) is 35.3 Å². The van der Waals surface area contributed by atoms with Gasteiger partial charge in [0.2, 0.25) is 11.8 Å². The highest BCUT2D eigenvalue weighted by atomic mass is 16.2. The molecule has 4 nitrogen and oxygen atoms in total. The van der Waals surface area contributed by atoms with Crippen LogP contribution in [0.3, 0.4) is 0 Å². The summed E-state index contributed by atoms with van der Waals surface area (Å²) in [5.41, 5.74) is 4.25. The second-order valence-electron chi connectivity index (χ2n) is 7.33. The molecule has 1 fully saturated rings. The van der Waals surface area contributed by atoms with Gasteiger partial charge in [0.1, 0.15) is 5.41 Å². The maximum absolute atomic E-state index is 13.2. The summed E-state index contributed by atoms with van der Waals surface area (Å²) in [6.07, 6.45) is 2.96. The Hall–Kier alpha value is -2.62. The number of amides is 2. The van der Waals surface area contributed by atoms with Crippen molar-refractivity contribution in [3.05, 3.63) is 59.2 Å². The van der Waals surface area contributed by atoms with Gasteiger partial charge in [0, 0.05) is 17.9 Å². The number of para-hydroxylation sites is 2. The lowest BCUT2D eigenvalue weighted by molar-refractivity contribution is -0.132. The van der Waals surface area contributed by atoms with E-state index in [1.807, 2.05) is 43.3 Å². The first-order valence-electron chi connectivity index (χ1n) is 9.36. The van der Waals surface area contributed by atoms with Crippen LogP contribution in [0.25, 0.3) is 0 Å². The van der Waals surface area contributed by atoms with Crippen LogP contribution in [0.2, 0.25) is 0 Å². The van der Waals surface area contributed by atoms with E-state index in [-0.39, 0.29) is 11.8 Å². The molecule has 1 N–H and O–H groups in total. The summed E-state index contributed by atoms with van der Waals surface area (Å²) in [4.78, 5) is 28.1. The number of nitrogens with one attached hydrogen (secondary N) is 1. The van der Waals surface area contributed by atoms with Crippen molar-refractivity contribution in [3.8, 4) is 0 Å². The number of anilines is 2. The molecule has 0 unspecified atom stereocenters. The fourth-order valence-electron chi connectivity index (χ4n) is 3.91. The Morgan fingerprint density at radius 1 is 1.12 bits per heavy atom. The Morgan fingerprint density at radius 2 is 1.88 bits per heavy atom. The minimum Gasteiger partial charge on any atom is -0.325 e. The molecule has 0 bridgehead atoms. The molecule has 2 aliphatic rings. The van der Waals surface area contributed by atoms with E-state index in [1.54, 1.807) is 4.90 Å². The molecule has 1 aliphatic carbocycles. The number of fused-ring (bicyclic) bond motifs is 1. The molecule has 1 aliphatic heterocycles. The summed E-state index contributed by atoms with van der Waals surface area (Å²) in [6.45, 7) is 4.73. The fourth-order valence-corrected chi connectivity index (χ4v) is 3.91. The van der Waals surface area contributed by atoms with Gasteiger partial charge in [-0.1, -0.05) is 43.3 Å². The summed E-state index contributed by atoms with van der Waals surface area (Å²) < 4.78 is 0. The molecule has 4 heteroatoms. The van der Waals surface area contributed by atoms with Crippen molar-refractivity contribution in [2.75, 3.05) is 16.8 Å². The van der Waals surface area contributed by atoms with E-state index in [1.165, 1.54) is 5.56 Å². The highest BCUT2D eigenvalue weighted by Gasteiger charge is 2.58. The molecule has 2 aromatic carbocycles. The maximum Gasteiger partial charge on any atom is 0.242 e. The molecule has 0 spiro atoms. The summed E-state index contributed by atoms with van der Waals surface area (Å²) >= 11 is 0. The number of carbonyl (C=O) groups excluding carboxylic acids is 2. The van der Waals surface area contributed by atoms with Crippen LogP contribution < -0.4 is 10.2 Å². The van der Waals surface area contributed by atoms with Gasteiger partial charge in [-0.2, -0.15) is 0 Å². The molecule has 1 heterocycles. The third-order valence-corrected chi connectivity index (χ3v) is 5.70. The van der Waals surface area contributed by atoms with Crippen LogP contribution in [0.4, 0.5) is 11.4 Å². The van der Waals surface area contributed by atoms with E-state index in [9.17, 15) is 9.59 Å². The zero-order valence-electron chi connectivity index (χ0n) is 15.3. The Balaban J connectivity index is 1.58. The van der Waals surface area contributed by atoms with Crippen LogP contribution in [-0.4, -0.2) is 18.4 Å². The van der Waals surface area contributed by atoms with Gasteiger partial charge < -0.3 is 10.2 Å². The predicted octanol–water partition coefficient (Wildman–Crippen LogP) is 3.87. The number of carbonyl (C=O) groups is 2. The average molecular weight is 348 g/mol. The molecular weight excluding hydrogens is 324 g/mol. The predicted molar refractivity (Wildman–Crippen MR) is 103 cm³/mol. The largest absolute Gasteiger partial charge is 0.325 e. The van der Waals surface area contributed by atoms with Gasteiger partial charge in [0.25, 0.3) is 0 Å². The van der Waals surface area contributed by atoms with Crippen molar-refractivity contribution >= 4 is 23.2 Å².